The highest BCUT2D eigenvalue weighted by Gasteiger charge is 2.23. The molecule has 1 saturated heterocycles. The van der Waals surface area contributed by atoms with Crippen LogP contribution < -0.4 is 4.90 Å². The average molecular weight is 266 g/mol. The minimum absolute atomic E-state index is 0.295. The maximum absolute atomic E-state index is 13.3. The Hall–Kier alpha value is -1.13. The molecule has 0 unspecified atom stereocenters. The van der Waals surface area contributed by atoms with E-state index < -0.39 is 6.10 Å². The van der Waals surface area contributed by atoms with Crippen molar-refractivity contribution in [2.24, 2.45) is 0 Å². The predicted octanol–water partition coefficient (Wildman–Crippen LogP) is 2.41. The van der Waals surface area contributed by atoms with Gasteiger partial charge in [0.1, 0.15) is 5.82 Å². The van der Waals surface area contributed by atoms with Gasteiger partial charge in [-0.25, -0.2) is 4.39 Å². The van der Waals surface area contributed by atoms with E-state index in [0.29, 0.717) is 11.6 Å². The summed E-state index contributed by atoms with van der Waals surface area (Å²) >= 11 is 0. The van der Waals surface area contributed by atoms with E-state index in [4.69, 9.17) is 0 Å². The topological polar surface area (TPSA) is 26.7 Å². The molecule has 19 heavy (non-hydrogen) atoms. The zero-order valence-corrected chi connectivity index (χ0v) is 11.9. The summed E-state index contributed by atoms with van der Waals surface area (Å²) in [6, 6.07) is 5.13. The van der Waals surface area contributed by atoms with Crippen molar-refractivity contribution < 1.29 is 9.50 Å². The van der Waals surface area contributed by atoms with Crippen LogP contribution >= 0.6 is 0 Å². The molecule has 0 spiro atoms. The second kappa shape index (κ2) is 5.88. The highest BCUT2D eigenvalue weighted by molar-refractivity contribution is 5.55. The number of rotatable bonds is 3. The van der Waals surface area contributed by atoms with Crippen molar-refractivity contribution >= 4 is 5.69 Å². The monoisotopic (exact) mass is 266 g/mol. The zero-order valence-electron chi connectivity index (χ0n) is 11.9. The molecule has 3 nitrogen and oxygen atoms in total. The minimum Gasteiger partial charge on any atom is -0.389 e. The number of aliphatic hydroxyl groups excluding tert-OH is 1. The smallest absolute Gasteiger partial charge is 0.123 e. The second-order valence-electron chi connectivity index (χ2n) is 5.52. The summed E-state index contributed by atoms with van der Waals surface area (Å²) in [6.45, 7) is 3.85. The molecule has 0 radical (unpaired) electrons. The van der Waals surface area contributed by atoms with Gasteiger partial charge in [0.05, 0.1) is 6.10 Å². The number of likely N-dealkylation sites (tertiary alicyclic amines) is 1. The number of piperidine rings is 1. The number of nitrogens with zero attached hydrogens (tertiary/aromatic N) is 2. The molecular weight excluding hydrogens is 243 g/mol. The lowest BCUT2D eigenvalue weighted by molar-refractivity contribution is 0.198. The summed E-state index contributed by atoms with van der Waals surface area (Å²) in [6.07, 6.45) is 1.55. The number of hydrogen-bond donors (Lipinski definition) is 1. The maximum atomic E-state index is 13.3. The molecule has 1 N–H and O–H groups in total. The Morgan fingerprint density at radius 1 is 1.37 bits per heavy atom. The standard InChI is InChI=1S/C15H23FN2O/c1-11(19)14-10-12(16)4-5-15(14)18(3)13-6-8-17(2)9-7-13/h4-5,10-11,13,19H,6-9H2,1-3H3/t11-/m1/s1. The minimum atomic E-state index is -0.653. The summed E-state index contributed by atoms with van der Waals surface area (Å²) in [5.74, 6) is -0.295. The molecule has 0 bridgehead atoms. The van der Waals surface area contributed by atoms with Gasteiger partial charge >= 0.3 is 0 Å². The van der Waals surface area contributed by atoms with E-state index >= 15 is 0 Å². The van der Waals surface area contributed by atoms with Crippen LogP contribution in [0.4, 0.5) is 10.1 Å². The number of hydrogen-bond acceptors (Lipinski definition) is 3. The fourth-order valence-corrected chi connectivity index (χ4v) is 2.76. The van der Waals surface area contributed by atoms with Crippen LogP contribution in [0, 0.1) is 5.82 Å². The first-order chi connectivity index (χ1) is 8.99. The number of aliphatic hydroxyl groups is 1. The van der Waals surface area contributed by atoms with Crippen LogP contribution in [0.2, 0.25) is 0 Å². The normalized spacial score (nSPS) is 19.4. The van der Waals surface area contributed by atoms with Crippen LogP contribution in [0.15, 0.2) is 18.2 Å². The van der Waals surface area contributed by atoms with E-state index in [2.05, 4.69) is 16.8 Å². The molecule has 2 rings (SSSR count). The van der Waals surface area contributed by atoms with Crippen molar-refractivity contribution in [3.05, 3.63) is 29.6 Å². The Kier molecular flexibility index (Phi) is 4.42. The first kappa shape index (κ1) is 14.3. The molecule has 1 fully saturated rings. The third kappa shape index (κ3) is 3.25. The highest BCUT2D eigenvalue weighted by Crippen LogP contribution is 2.30. The van der Waals surface area contributed by atoms with Gasteiger partial charge in [-0.1, -0.05) is 0 Å². The molecular formula is C15H23FN2O. The van der Waals surface area contributed by atoms with E-state index in [-0.39, 0.29) is 5.82 Å². The first-order valence-electron chi connectivity index (χ1n) is 6.88. The van der Waals surface area contributed by atoms with Gasteiger partial charge in [0.25, 0.3) is 0 Å². The van der Waals surface area contributed by atoms with Gasteiger partial charge in [-0.2, -0.15) is 0 Å². The molecule has 0 aliphatic carbocycles. The lowest BCUT2D eigenvalue weighted by Crippen LogP contribution is -2.42. The molecule has 106 valence electrons. The van der Waals surface area contributed by atoms with Gasteiger partial charge in [-0.15, -0.1) is 0 Å². The molecule has 1 aliphatic rings. The lowest BCUT2D eigenvalue weighted by atomic mass is 10.0. The van der Waals surface area contributed by atoms with Crippen LogP contribution in [0.1, 0.15) is 31.4 Å². The summed E-state index contributed by atoms with van der Waals surface area (Å²) in [7, 11) is 4.17. The lowest BCUT2D eigenvalue weighted by Gasteiger charge is -2.37. The number of halogens is 1. The molecule has 1 atom stereocenters. The van der Waals surface area contributed by atoms with Gasteiger partial charge in [0.2, 0.25) is 0 Å². The van der Waals surface area contributed by atoms with E-state index in [1.54, 1.807) is 13.0 Å². The number of benzene rings is 1. The van der Waals surface area contributed by atoms with E-state index in [1.165, 1.54) is 12.1 Å². The predicted molar refractivity (Wildman–Crippen MR) is 76.0 cm³/mol. The highest BCUT2D eigenvalue weighted by atomic mass is 19.1. The molecule has 0 aromatic heterocycles. The number of anilines is 1. The average Bonchev–Trinajstić information content (AvgIpc) is 2.38. The maximum Gasteiger partial charge on any atom is 0.123 e. The van der Waals surface area contributed by atoms with Crippen molar-refractivity contribution in [2.45, 2.75) is 31.9 Å². The van der Waals surface area contributed by atoms with Crippen molar-refractivity contribution in [3.63, 3.8) is 0 Å². The summed E-state index contributed by atoms with van der Waals surface area (Å²) in [5.41, 5.74) is 1.60. The molecule has 1 aromatic rings. The SMILES string of the molecule is C[C@@H](O)c1cc(F)ccc1N(C)C1CCN(C)CC1. The Morgan fingerprint density at radius 3 is 2.58 bits per heavy atom. The molecule has 1 aromatic carbocycles. The van der Waals surface area contributed by atoms with Gasteiger partial charge in [-0.05, 0) is 58.1 Å². The van der Waals surface area contributed by atoms with Gasteiger partial charge in [0.15, 0.2) is 0 Å². The van der Waals surface area contributed by atoms with E-state index in [1.807, 2.05) is 7.05 Å². The van der Waals surface area contributed by atoms with Crippen molar-refractivity contribution in [2.75, 3.05) is 32.1 Å². The fourth-order valence-electron chi connectivity index (χ4n) is 2.76. The Labute approximate surface area is 114 Å². The third-order valence-electron chi connectivity index (χ3n) is 4.06. The quantitative estimate of drug-likeness (QED) is 0.910. The molecule has 0 saturated carbocycles. The van der Waals surface area contributed by atoms with Gasteiger partial charge in [-0.3, -0.25) is 0 Å². The van der Waals surface area contributed by atoms with E-state index in [0.717, 1.165) is 31.6 Å². The van der Waals surface area contributed by atoms with Gasteiger partial charge < -0.3 is 14.9 Å². The Balaban J connectivity index is 2.21. The van der Waals surface area contributed by atoms with Crippen molar-refractivity contribution in [1.82, 2.24) is 4.90 Å². The Morgan fingerprint density at radius 2 is 2.00 bits per heavy atom. The molecule has 4 heteroatoms. The summed E-state index contributed by atoms with van der Waals surface area (Å²) in [4.78, 5) is 4.51. The second-order valence-corrected chi connectivity index (χ2v) is 5.52. The van der Waals surface area contributed by atoms with Crippen LogP contribution in [0.25, 0.3) is 0 Å². The third-order valence-corrected chi connectivity index (χ3v) is 4.06. The first-order valence-corrected chi connectivity index (χ1v) is 6.88. The summed E-state index contributed by atoms with van der Waals surface area (Å²) in [5, 5.41) is 9.82. The van der Waals surface area contributed by atoms with Gasteiger partial charge in [0, 0.05) is 24.3 Å². The summed E-state index contributed by atoms with van der Waals surface area (Å²) < 4.78 is 13.3. The molecule has 1 heterocycles. The zero-order chi connectivity index (χ0) is 14.0. The Bertz CT molecular complexity index is 428. The van der Waals surface area contributed by atoms with E-state index in [9.17, 15) is 9.50 Å². The van der Waals surface area contributed by atoms with Crippen LogP contribution in [0.5, 0.6) is 0 Å². The molecule has 0 amide bonds. The van der Waals surface area contributed by atoms with Crippen LogP contribution in [-0.4, -0.2) is 43.2 Å². The van der Waals surface area contributed by atoms with Crippen molar-refractivity contribution in [3.8, 4) is 0 Å². The van der Waals surface area contributed by atoms with Crippen LogP contribution in [0.3, 0.4) is 0 Å². The van der Waals surface area contributed by atoms with Crippen molar-refractivity contribution in [1.29, 1.82) is 0 Å². The largest absolute Gasteiger partial charge is 0.389 e. The molecule has 1 aliphatic heterocycles. The van der Waals surface area contributed by atoms with Crippen LogP contribution in [-0.2, 0) is 0 Å². The fraction of sp³-hybridized carbons (Fsp3) is 0.600.